The van der Waals surface area contributed by atoms with Crippen molar-refractivity contribution in [3.8, 4) is 6.01 Å². The Hall–Kier alpha value is -1.16. The van der Waals surface area contributed by atoms with Crippen molar-refractivity contribution in [1.29, 1.82) is 0 Å². The first-order chi connectivity index (χ1) is 7.09. The van der Waals surface area contributed by atoms with E-state index in [-0.39, 0.29) is 5.54 Å². The number of nitrogens with zero attached hydrogens (tertiary/aromatic N) is 2. The Morgan fingerprint density at radius 2 is 2.07 bits per heavy atom. The molecule has 0 atom stereocenters. The second kappa shape index (κ2) is 5.07. The van der Waals surface area contributed by atoms with Gasteiger partial charge in [0, 0.05) is 17.4 Å². The number of hydrogen-bond donors (Lipinski definition) is 1. The van der Waals surface area contributed by atoms with E-state index in [1.54, 1.807) is 6.20 Å². The Labute approximate surface area is 90.9 Å². The molecule has 4 nitrogen and oxygen atoms in total. The maximum Gasteiger partial charge on any atom is 0.316 e. The van der Waals surface area contributed by atoms with Crippen LogP contribution in [0.1, 0.15) is 32.4 Å². The van der Waals surface area contributed by atoms with Crippen LogP contribution in [0.2, 0.25) is 0 Å². The number of aryl methyl sites for hydroxylation is 1. The number of nitrogens with two attached hydrogens (primary N) is 1. The lowest BCUT2D eigenvalue weighted by atomic mass is 9.96. The highest BCUT2D eigenvalue weighted by molar-refractivity contribution is 5.03. The molecule has 0 spiro atoms. The van der Waals surface area contributed by atoms with E-state index in [9.17, 15) is 0 Å². The van der Waals surface area contributed by atoms with Crippen LogP contribution >= 0.6 is 0 Å². The van der Waals surface area contributed by atoms with Crippen molar-refractivity contribution in [2.75, 3.05) is 6.61 Å². The van der Waals surface area contributed by atoms with Crippen molar-refractivity contribution in [2.45, 2.75) is 39.2 Å². The van der Waals surface area contributed by atoms with Gasteiger partial charge < -0.3 is 10.5 Å². The zero-order valence-electron chi connectivity index (χ0n) is 9.66. The number of hydrogen-bond acceptors (Lipinski definition) is 4. The molecule has 0 unspecified atom stereocenters. The molecule has 0 saturated carbocycles. The van der Waals surface area contributed by atoms with E-state index in [1.165, 1.54) is 0 Å². The Morgan fingerprint density at radius 1 is 1.40 bits per heavy atom. The van der Waals surface area contributed by atoms with Gasteiger partial charge >= 0.3 is 6.01 Å². The summed E-state index contributed by atoms with van der Waals surface area (Å²) >= 11 is 0. The molecular weight excluding hydrogens is 190 g/mol. The minimum Gasteiger partial charge on any atom is -0.462 e. The van der Waals surface area contributed by atoms with Crippen molar-refractivity contribution in [2.24, 2.45) is 5.73 Å². The van der Waals surface area contributed by atoms with Crippen LogP contribution in [0.25, 0.3) is 0 Å². The average Bonchev–Trinajstić information content (AvgIpc) is 2.26. The Balaban J connectivity index is 2.56. The molecule has 4 heteroatoms. The predicted molar refractivity (Wildman–Crippen MR) is 59.8 cm³/mol. The van der Waals surface area contributed by atoms with Crippen molar-refractivity contribution >= 4 is 0 Å². The molecule has 0 saturated heterocycles. The SMILES string of the molecule is CCC(N)(CC)COc1nccc(C)n1. The fourth-order valence-electron chi connectivity index (χ4n) is 1.16. The molecule has 0 aliphatic carbocycles. The van der Waals surface area contributed by atoms with Crippen LogP contribution in [-0.4, -0.2) is 22.1 Å². The maximum absolute atomic E-state index is 6.10. The summed E-state index contributed by atoms with van der Waals surface area (Å²) in [6.07, 6.45) is 3.46. The first kappa shape index (κ1) is 11.9. The van der Waals surface area contributed by atoms with Gasteiger partial charge in [-0.2, -0.15) is 0 Å². The lowest BCUT2D eigenvalue weighted by Crippen LogP contribution is -2.44. The molecule has 1 aromatic heterocycles. The third kappa shape index (κ3) is 3.47. The van der Waals surface area contributed by atoms with Gasteiger partial charge in [-0.15, -0.1) is 0 Å². The van der Waals surface area contributed by atoms with E-state index < -0.39 is 0 Å². The molecule has 0 radical (unpaired) electrons. The molecule has 0 fully saturated rings. The molecule has 84 valence electrons. The van der Waals surface area contributed by atoms with E-state index in [0.717, 1.165) is 18.5 Å². The van der Waals surface area contributed by atoms with Crippen molar-refractivity contribution in [3.05, 3.63) is 18.0 Å². The summed E-state index contributed by atoms with van der Waals surface area (Å²) in [5, 5.41) is 0. The van der Waals surface area contributed by atoms with Gasteiger partial charge in [0.25, 0.3) is 0 Å². The van der Waals surface area contributed by atoms with E-state index in [0.29, 0.717) is 12.6 Å². The average molecular weight is 209 g/mol. The topological polar surface area (TPSA) is 61.0 Å². The number of ether oxygens (including phenoxy) is 1. The second-order valence-corrected chi connectivity index (χ2v) is 3.84. The molecule has 0 amide bonds. The fourth-order valence-corrected chi connectivity index (χ4v) is 1.16. The lowest BCUT2D eigenvalue weighted by Gasteiger charge is -2.25. The summed E-state index contributed by atoms with van der Waals surface area (Å²) in [5.41, 5.74) is 6.73. The van der Waals surface area contributed by atoms with E-state index >= 15 is 0 Å². The number of rotatable bonds is 5. The van der Waals surface area contributed by atoms with Gasteiger partial charge in [0.2, 0.25) is 0 Å². The minimum atomic E-state index is -0.271. The molecule has 0 aliphatic heterocycles. The summed E-state index contributed by atoms with van der Waals surface area (Å²) < 4.78 is 5.49. The zero-order chi connectivity index (χ0) is 11.3. The minimum absolute atomic E-state index is 0.271. The Morgan fingerprint density at radius 3 is 2.60 bits per heavy atom. The van der Waals surface area contributed by atoms with Crippen LogP contribution in [0.5, 0.6) is 6.01 Å². The van der Waals surface area contributed by atoms with Gasteiger partial charge in [0.15, 0.2) is 0 Å². The Bertz CT molecular complexity index is 310. The highest BCUT2D eigenvalue weighted by atomic mass is 16.5. The first-order valence-electron chi connectivity index (χ1n) is 5.31. The van der Waals surface area contributed by atoms with Crippen LogP contribution in [0, 0.1) is 6.92 Å². The standard InChI is InChI=1S/C11H19N3O/c1-4-11(12,5-2)8-15-10-13-7-6-9(3)14-10/h6-7H,4-5,8,12H2,1-3H3. The molecule has 2 N–H and O–H groups in total. The van der Waals surface area contributed by atoms with Gasteiger partial charge in [-0.1, -0.05) is 13.8 Å². The fraction of sp³-hybridized carbons (Fsp3) is 0.636. The first-order valence-corrected chi connectivity index (χ1v) is 5.31. The molecule has 1 aromatic rings. The maximum atomic E-state index is 6.10. The lowest BCUT2D eigenvalue weighted by molar-refractivity contribution is 0.193. The smallest absolute Gasteiger partial charge is 0.316 e. The molecule has 1 rings (SSSR count). The van der Waals surface area contributed by atoms with Crippen molar-refractivity contribution in [1.82, 2.24) is 9.97 Å². The van der Waals surface area contributed by atoms with Crippen LogP contribution in [0.15, 0.2) is 12.3 Å². The second-order valence-electron chi connectivity index (χ2n) is 3.84. The molecule has 0 bridgehead atoms. The van der Waals surface area contributed by atoms with Gasteiger partial charge in [-0.25, -0.2) is 9.97 Å². The largest absolute Gasteiger partial charge is 0.462 e. The summed E-state index contributed by atoms with van der Waals surface area (Å²) in [6, 6.07) is 2.24. The van der Waals surface area contributed by atoms with Crippen LogP contribution in [-0.2, 0) is 0 Å². The molecular formula is C11H19N3O. The molecule has 1 heterocycles. The summed E-state index contributed by atoms with van der Waals surface area (Å²) in [7, 11) is 0. The number of aromatic nitrogens is 2. The van der Waals surface area contributed by atoms with Gasteiger partial charge in [0.1, 0.15) is 6.61 Å². The summed E-state index contributed by atoms with van der Waals surface area (Å²) in [5.74, 6) is 0. The normalized spacial score (nSPS) is 11.5. The van der Waals surface area contributed by atoms with Gasteiger partial charge in [0.05, 0.1) is 0 Å². The van der Waals surface area contributed by atoms with Crippen molar-refractivity contribution in [3.63, 3.8) is 0 Å². The van der Waals surface area contributed by atoms with Gasteiger partial charge in [-0.05, 0) is 25.8 Å². The van der Waals surface area contributed by atoms with E-state index in [2.05, 4.69) is 23.8 Å². The predicted octanol–water partition coefficient (Wildman–Crippen LogP) is 1.68. The van der Waals surface area contributed by atoms with Gasteiger partial charge in [-0.3, -0.25) is 0 Å². The highest BCUT2D eigenvalue weighted by Gasteiger charge is 2.21. The third-order valence-corrected chi connectivity index (χ3v) is 2.67. The monoisotopic (exact) mass is 209 g/mol. The summed E-state index contributed by atoms with van der Waals surface area (Å²) in [4.78, 5) is 8.18. The molecule has 15 heavy (non-hydrogen) atoms. The molecule has 0 aliphatic rings. The molecule has 0 aromatic carbocycles. The highest BCUT2D eigenvalue weighted by Crippen LogP contribution is 2.13. The van der Waals surface area contributed by atoms with E-state index in [1.807, 2.05) is 13.0 Å². The van der Waals surface area contributed by atoms with E-state index in [4.69, 9.17) is 10.5 Å². The quantitative estimate of drug-likeness (QED) is 0.801. The summed E-state index contributed by atoms with van der Waals surface area (Å²) in [6.45, 7) is 6.49. The van der Waals surface area contributed by atoms with Crippen LogP contribution in [0.3, 0.4) is 0 Å². The third-order valence-electron chi connectivity index (χ3n) is 2.67. The van der Waals surface area contributed by atoms with Crippen LogP contribution < -0.4 is 10.5 Å². The zero-order valence-corrected chi connectivity index (χ0v) is 9.66. The van der Waals surface area contributed by atoms with Crippen LogP contribution in [0.4, 0.5) is 0 Å². The Kier molecular flexibility index (Phi) is 4.03. The van der Waals surface area contributed by atoms with Crippen molar-refractivity contribution < 1.29 is 4.74 Å².